The molecule has 0 saturated carbocycles. The topological polar surface area (TPSA) is 44.8 Å². The van der Waals surface area contributed by atoms with Gasteiger partial charge in [-0.15, -0.1) is 0 Å². The lowest BCUT2D eigenvalue weighted by atomic mass is 10.0. The zero-order valence-electron chi connectivity index (χ0n) is 11.5. The molecule has 0 spiro atoms. The van der Waals surface area contributed by atoms with Crippen LogP contribution in [0.1, 0.15) is 6.92 Å². The Hall–Kier alpha value is -0.860. The molecule has 5 nitrogen and oxygen atoms in total. The normalized spacial score (nSPS) is 23.5. The van der Waals surface area contributed by atoms with Crippen LogP contribution < -0.4 is 5.32 Å². The summed E-state index contributed by atoms with van der Waals surface area (Å²) in [6.45, 7) is 3.62. The van der Waals surface area contributed by atoms with Crippen molar-refractivity contribution >= 4 is 5.91 Å². The Morgan fingerprint density at radius 2 is 1.85 bits per heavy atom. The Bertz CT molecular complexity index is 350. The number of rotatable bonds is 4. The Labute approximate surface area is 116 Å². The summed E-state index contributed by atoms with van der Waals surface area (Å²) in [5, 5.41) is 3.07. The molecule has 0 aromatic heterocycles. The fourth-order valence-electron chi connectivity index (χ4n) is 2.32. The fourth-order valence-corrected chi connectivity index (χ4v) is 2.32. The zero-order chi connectivity index (χ0) is 14.8. The van der Waals surface area contributed by atoms with E-state index in [4.69, 9.17) is 4.74 Å². The van der Waals surface area contributed by atoms with Gasteiger partial charge in [0.1, 0.15) is 6.61 Å². The van der Waals surface area contributed by atoms with Gasteiger partial charge in [-0.3, -0.25) is 9.69 Å². The van der Waals surface area contributed by atoms with Crippen LogP contribution in [0.3, 0.4) is 0 Å². The van der Waals surface area contributed by atoms with Gasteiger partial charge in [-0.25, -0.2) is 0 Å². The Morgan fingerprint density at radius 1 is 1.25 bits per heavy atom. The SMILES string of the molecule is CC1(OCC(=O)N2CCN(CC(F)(F)F)CC2)CNC1. The predicted octanol–water partition coefficient (Wildman–Crippen LogP) is 0.0714. The predicted molar refractivity (Wildman–Crippen MR) is 66.3 cm³/mol. The van der Waals surface area contributed by atoms with E-state index in [9.17, 15) is 18.0 Å². The van der Waals surface area contributed by atoms with E-state index in [1.807, 2.05) is 6.92 Å². The van der Waals surface area contributed by atoms with Crippen molar-refractivity contribution in [3.05, 3.63) is 0 Å². The van der Waals surface area contributed by atoms with E-state index in [1.165, 1.54) is 4.90 Å². The lowest BCUT2D eigenvalue weighted by Gasteiger charge is -2.40. The lowest BCUT2D eigenvalue weighted by Crippen LogP contribution is -2.60. The third-order valence-electron chi connectivity index (χ3n) is 3.67. The maximum atomic E-state index is 12.2. The molecule has 2 heterocycles. The third kappa shape index (κ3) is 4.32. The molecule has 0 unspecified atom stereocenters. The molecule has 2 rings (SSSR count). The van der Waals surface area contributed by atoms with Gasteiger partial charge < -0.3 is 15.0 Å². The van der Waals surface area contributed by atoms with Crippen molar-refractivity contribution in [2.45, 2.75) is 18.7 Å². The molecule has 20 heavy (non-hydrogen) atoms. The van der Waals surface area contributed by atoms with Crippen molar-refractivity contribution in [2.24, 2.45) is 0 Å². The van der Waals surface area contributed by atoms with Crippen LogP contribution in [-0.2, 0) is 9.53 Å². The van der Waals surface area contributed by atoms with Crippen LogP contribution in [0.2, 0.25) is 0 Å². The number of alkyl halides is 3. The number of hydrogen-bond donors (Lipinski definition) is 1. The smallest absolute Gasteiger partial charge is 0.363 e. The van der Waals surface area contributed by atoms with E-state index in [-0.39, 0.29) is 31.2 Å². The highest BCUT2D eigenvalue weighted by molar-refractivity contribution is 5.77. The number of carbonyl (C=O) groups excluding carboxylic acids is 1. The largest absolute Gasteiger partial charge is 0.401 e. The van der Waals surface area contributed by atoms with Crippen LogP contribution in [0, 0.1) is 0 Å². The molecule has 8 heteroatoms. The summed E-state index contributed by atoms with van der Waals surface area (Å²) >= 11 is 0. The Morgan fingerprint density at radius 3 is 2.30 bits per heavy atom. The van der Waals surface area contributed by atoms with Gasteiger partial charge in [0.2, 0.25) is 5.91 Å². The number of nitrogens with one attached hydrogen (secondary N) is 1. The molecule has 2 saturated heterocycles. The first-order valence-electron chi connectivity index (χ1n) is 6.69. The molecule has 0 bridgehead atoms. The number of ether oxygens (including phenoxy) is 1. The van der Waals surface area contributed by atoms with Gasteiger partial charge in [-0.05, 0) is 6.92 Å². The first-order valence-corrected chi connectivity index (χ1v) is 6.69. The maximum Gasteiger partial charge on any atom is 0.401 e. The Kier molecular flexibility index (Phi) is 4.55. The highest BCUT2D eigenvalue weighted by atomic mass is 19.4. The van der Waals surface area contributed by atoms with Gasteiger partial charge in [0, 0.05) is 39.3 Å². The molecule has 2 aliphatic heterocycles. The van der Waals surface area contributed by atoms with Gasteiger partial charge in [-0.1, -0.05) is 0 Å². The molecular weight excluding hydrogens is 275 g/mol. The molecule has 0 atom stereocenters. The average molecular weight is 295 g/mol. The summed E-state index contributed by atoms with van der Waals surface area (Å²) in [5.74, 6) is -0.148. The van der Waals surface area contributed by atoms with Crippen molar-refractivity contribution in [2.75, 3.05) is 52.4 Å². The third-order valence-corrected chi connectivity index (χ3v) is 3.67. The second kappa shape index (κ2) is 5.87. The van der Waals surface area contributed by atoms with Crippen LogP contribution in [-0.4, -0.2) is 79.9 Å². The van der Waals surface area contributed by atoms with Crippen LogP contribution in [0.25, 0.3) is 0 Å². The highest BCUT2D eigenvalue weighted by Gasteiger charge is 2.35. The maximum absolute atomic E-state index is 12.2. The molecule has 1 amide bonds. The monoisotopic (exact) mass is 295 g/mol. The van der Waals surface area contributed by atoms with Crippen LogP contribution in [0.5, 0.6) is 0 Å². The molecule has 2 aliphatic rings. The van der Waals surface area contributed by atoms with Crippen LogP contribution in [0.15, 0.2) is 0 Å². The van der Waals surface area contributed by atoms with Crippen molar-refractivity contribution in [3.8, 4) is 0 Å². The van der Waals surface area contributed by atoms with Crippen LogP contribution in [0.4, 0.5) is 13.2 Å². The molecule has 0 aromatic carbocycles. The number of hydrogen-bond acceptors (Lipinski definition) is 4. The van der Waals surface area contributed by atoms with Crippen molar-refractivity contribution < 1.29 is 22.7 Å². The van der Waals surface area contributed by atoms with E-state index in [0.717, 1.165) is 13.1 Å². The fraction of sp³-hybridized carbons (Fsp3) is 0.917. The van der Waals surface area contributed by atoms with Gasteiger partial charge in [-0.2, -0.15) is 13.2 Å². The van der Waals surface area contributed by atoms with E-state index in [1.54, 1.807) is 4.90 Å². The summed E-state index contributed by atoms with van der Waals surface area (Å²) < 4.78 is 42.3. The van der Waals surface area contributed by atoms with E-state index >= 15 is 0 Å². The van der Waals surface area contributed by atoms with E-state index in [0.29, 0.717) is 13.1 Å². The number of halogens is 3. The molecule has 0 radical (unpaired) electrons. The molecule has 1 N–H and O–H groups in total. The number of piperazine rings is 1. The van der Waals surface area contributed by atoms with Gasteiger partial charge in [0.25, 0.3) is 0 Å². The number of carbonyl (C=O) groups is 1. The summed E-state index contributed by atoms with van der Waals surface area (Å²) in [6, 6.07) is 0. The molecular formula is C12H20F3N3O2. The number of amides is 1. The second-order valence-electron chi connectivity index (χ2n) is 5.61. The minimum Gasteiger partial charge on any atom is -0.363 e. The minimum atomic E-state index is -4.18. The molecule has 116 valence electrons. The summed E-state index contributed by atoms with van der Waals surface area (Å²) in [7, 11) is 0. The van der Waals surface area contributed by atoms with E-state index < -0.39 is 12.7 Å². The van der Waals surface area contributed by atoms with Crippen molar-refractivity contribution in [3.63, 3.8) is 0 Å². The van der Waals surface area contributed by atoms with Gasteiger partial charge >= 0.3 is 6.18 Å². The quantitative estimate of drug-likeness (QED) is 0.797. The van der Waals surface area contributed by atoms with Crippen LogP contribution >= 0.6 is 0 Å². The van der Waals surface area contributed by atoms with E-state index in [2.05, 4.69) is 5.32 Å². The first kappa shape index (κ1) is 15.5. The van der Waals surface area contributed by atoms with Crippen molar-refractivity contribution in [1.29, 1.82) is 0 Å². The summed E-state index contributed by atoms with van der Waals surface area (Å²) in [6.07, 6.45) is -4.18. The molecule has 0 aromatic rings. The summed E-state index contributed by atoms with van der Waals surface area (Å²) in [4.78, 5) is 14.8. The zero-order valence-corrected chi connectivity index (χ0v) is 11.5. The second-order valence-corrected chi connectivity index (χ2v) is 5.61. The first-order chi connectivity index (χ1) is 9.27. The molecule has 2 fully saturated rings. The average Bonchev–Trinajstić information content (AvgIpc) is 2.32. The lowest BCUT2D eigenvalue weighted by molar-refractivity contribution is -0.156. The van der Waals surface area contributed by atoms with Gasteiger partial charge in [0.15, 0.2) is 0 Å². The highest BCUT2D eigenvalue weighted by Crippen LogP contribution is 2.18. The minimum absolute atomic E-state index is 0.00253. The number of nitrogens with zero attached hydrogens (tertiary/aromatic N) is 2. The van der Waals surface area contributed by atoms with Gasteiger partial charge in [0.05, 0.1) is 12.1 Å². The standard InChI is InChI=1S/C12H20F3N3O2/c1-11(7-16-8-11)20-6-10(19)18-4-2-17(3-5-18)9-12(13,14)15/h16H,2-9H2,1H3. The summed E-state index contributed by atoms with van der Waals surface area (Å²) in [5.41, 5.74) is -0.284. The van der Waals surface area contributed by atoms with Crippen molar-refractivity contribution in [1.82, 2.24) is 15.1 Å². The Balaban J connectivity index is 1.69. The molecule has 0 aliphatic carbocycles.